The highest BCUT2D eigenvalue weighted by atomic mass is 16.5. The normalized spacial score (nSPS) is 16.0. The van der Waals surface area contributed by atoms with Gasteiger partial charge in [0.25, 0.3) is 5.91 Å². The van der Waals surface area contributed by atoms with Crippen molar-refractivity contribution < 1.29 is 14.3 Å². The summed E-state index contributed by atoms with van der Waals surface area (Å²) in [5, 5.41) is 6.67. The molecule has 1 aliphatic rings. The van der Waals surface area contributed by atoms with Crippen molar-refractivity contribution in [3.8, 4) is 5.75 Å². The SMILES string of the molecule is C[C@@H]1Oc2ccc(NC(=O)Cc3c[nH]c4ccccc34)cc2NC1=O. The van der Waals surface area contributed by atoms with Gasteiger partial charge in [0.05, 0.1) is 12.1 Å². The Balaban J connectivity index is 1.50. The van der Waals surface area contributed by atoms with Crippen molar-refractivity contribution in [3.05, 3.63) is 54.2 Å². The van der Waals surface area contributed by atoms with Gasteiger partial charge >= 0.3 is 0 Å². The molecule has 2 heterocycles. The van der Waals surface area contributed by atoms with Gasteiger partial charge in [0, 0.05) is 22.8 Å². The highest BCUT2D eigenvalue weighted by Crippen LogP contribution is 2.32. The van der Waals surface area contributed by atoms with Gasteiger partial charge in [0.2, 0.25) is 5.91 Å². The van der Waals surface area contributed by atoms with E-state index in [2.05, 4.69) is 15.6 Å². The second-order valence-electron chi connectivity index (χ2n) is 6.04. The van der Waals surface area contributed by atoms with E-state index in [4.69, 9.17) is 4.74 Å². The van der Waals surface area contributed by atoms with E-state index in [1.807, 2.05) is 30.5 Å². The molecule has 0 unspecified atom stereocenters. The number of carbonyl (C=O) groups excluding carboxylic acids is 2. The Labute approximate surface area is 144 Å². The lowest BCUT2D eigenvalue weighted by atomic mass is 10.1. The van der Waals surface area contributed by atoms with Gasteiger partial charge < -0.3 is 20.4 Å². The molecular formula is C19H17N3O3. The fourth-order valence-corrected chi connectivity index (χ4v) is 2.94. The molecule has 126 valence electrons. The molecule has 0 radical (unpaired) electrons. The zero-order valence-electron chi connectivity index (χ0n) is 13.6. The lowest BCUT2D eigenvalue weighted by Crippen LogP contribution is -2.34. The van der Waals surface area contributed by atoms with Crippen LogP contribution in [0.4, 0.5) is 11.4 Å². The molecule has 0 fully saturated rings. The van der Waals surface area contributed by atoms with Crippen LogP contribution >= 0.6 is 0 Å². The number of carbonyl (C=O) groups is 2. The molecule has 3 aromatic rings. The van der Waals surface area contributed by atoms with Crippen LogP contribution in [0.15, 0.2) is 48.7 Å². The van der Waals surface area contributed by atoms with Crippen molar-refractivity contribution in [1.29, 1.82) is 0 Å². The third-order valence-corrected chi connectivity index (χ3v) is 4.22. The Morgan fingerprint density at radius 1 is 1.24 bits per heavy atom. The quantitative estimate of drug-likeness (QED) is 0.688. The first-order valence-corrected chi connectivity index (χ1v) is 8.06. The number of rotatable bonds is 3. The van der Waals surface area contributed by atoms with E-state index in [1.54, 1.807) is 25.1 Å². The standard InChI is InChI=1S/C19H17N3O3/c1-11-19(24)22-16-9-13(6-7-17(16)25-11)21-18(23)8-12-10-20-15-5-3-2-4-14(12)15/h2-7,9-11,20H,8H2,1H3,(H,21,23)(H,22,24)/t11-/m0/s1. The first kappa shape index (κ1) is 15.3. The summed E-state index contributed by atoms with van der Waals surface area (Å²) in [5.74, 6) is 0.276. The largest absolute Gasteiger partial charge is 0.479 e. The summed E-state index contributed by atoms with van der Waals surface area (Å²) in [6.07, 6.45) is 1.60. The van der Waals surface area contributed by atoms with Crippen LogP contribution < -0.4 is 15.4 Å². The van der Waals surface area contributed by atoms with Gasteiger partial charge in [-0.25, -0.2) is 0 Å². The minimum absolute atomic E-state index is 0.124. The van der Waals surface area contributed by atoms with Crippen molar-refractivity contribution in [2.75, 3.05) is 10.6 Å². The van der Waals surface area contributed by atoms with Gasteiger partial charge in [-0.15, -0.1) is 0 Å². The number of fused-ring (bicyclic) bond motifs is 2. The van der Waals surface area contributed by atoms with Crippen molar-refractivity contribution in [2.24, 2.45) is 0 Å². The van der Waals surface area contributed by atoms with E-state index in [0.29, 0.717) is 17.1 Å². The number of benzene rings is 2. The number of H-pyrrole nitrogens is 1. The summed E-state index contributed by atoms with van der Waals surface area (Å²) in [5.41, 5.74) is 3.12. The van der Waals surface area contributed by atoms with E-state index in [1.165, 1.54) is 0 Å². The molecule has 0 spiro atoms. The summed E-state index contributed by atoms with van der Waals surface area (Å²) in [6, 6.07) is 13.1. The van der Waals surface area contributed by atoms with Crippen LogP contribution in [0, 0.1) is 0 Å². The van der Waals surface area contributed by atoms with Crippen LogP contribution in [0.1, 0.15) is 12.5 Å². The van der Waals surface area contributed by atoms with Crippen LogP contribution in [0.5, 0.6) is 5.75 Å². The Bertz CT molecular complexity index is 977. The van der Waals surface area contributed by atoms with Crippen LogP contribution in [0.2, 0.25) is 0 Å². The second kappa shape index (κ2) is 5.98. The van der Waals surface area contributed by atoms with Crippen molar-refractivity contribution >= 4 is 34.1 Å². The van der Waals surface area contributed by atoms with Crippen molar-refractivity contribution in [1.82, 2.24) is 4.98 Å². The Hall–Kier alpha value is -3.28. The number of nitrogens with one attached hydrogen (secondary N) is 3. The van der Waals surface area contributed by atoms with E-state index in [-0.39, 0.29) is 18.2 Å². The number of aromatic nitrogens is 1. The fourth-order valence-electron chi connectivity index (χ4n) is 2.94. The Morgan fingerprint density at radius 2 is 2.08 bits per heavy atom. The van der Waals surface area contributed by atoms with E-state index in [9.17, 15) is 9.59 Å². The Kier molecular flexibility index (Phi) is 3.65. The molecule has 2 amide bonds. The van der Waals surface area contributed by atoms with Gasteiger partial charge in [0.1, 0.15) is 5.75 Å². The molecule has 1 atom stereocenters. The molecule has 1 aliphatic heterocycles. The summed E-state index contributed by atoms with van der Waals surface area (Å²) in [4.78, 5) is 27.2. The van der Waals surface area contributed by atoms with Gasteiger partial charge in [-0.1, -0.05) is 18.2 Å². The molecule has 3 N–H and O–H groups in total. The molecule has 25 heavy (non-hydrogen) atoms. The number of hydrogen-bond donors (Lipinski definition) is 3. The minimum Gasteiger partial charge on any atom is -0.479 e. The lowest BCUT2D eigenvalue weighted by molar-refractivity contribution is -0.122. The molecule has 1 aromatic heterocycles. The highest BCUT2D eigenvalue weighted by molar-refractivity contribution is 6.00. The monoisotopic (exact) mass is 335 g/mol. The highest BCUT2D eigenvalue weighted by Gasteiger charge is 2.23. The van der Waals surface area contributed by atoms with Gasteiger partial charge in [0.15, 0.2) is 6.10 Å². The molecule has 6 nitrogen and oxygen atoms in total. The third kappa shape index (κ3) is 2.94. The van der Waals surface area contributed by atoms with Crippen LogP contribution in [-0.2, 0) is 16.0 Å². The smallest absolute Gasteiger partial charge is 0.265 e. The second-order valence-corrected chi connectivity index (χ2v) is 6.04. The topological polar surface area (TPSA) is 83.2 Å². The number of para-hydroxylation sites is 1. The lowest BCUT2D eigenvalue weighted by Gasteiger charge is -2.23. The summed E-state index contributed by atoms with van der Waals surface area (Å²) in [7, 11) is 0. The first-order chi connectivity index (χ1) is 12.1. The zero-order valence-corrected chi connectivity index (χ0v) is 13.6. The predicted octanol–water partition coefficient (Wildman–Crippen LogP) is 3.07. The van der Waals surface area contributed by atoms with Crippen LogP contribution in [0.3, 0.4) is 0 Å². The molecule has 4 rings (SSSR count). The van der Waals surface area contributed by atoms with Crippen LogP contribution in [-0.4, -0.2) is 22.9 Å². The molecule has 0 saturated carbocycles. The summed E-state index contributed by atoms with van der Waals surface area (Å²) < 4.78 is 5.51. The van der Waals surface area contributed by atoms with Gasteiger partial charge in [-0.05, 0) is 36.8 Å². The van der Waals surface area contributed by atoms with Gasteiger partial charge in [-0.3, -0.25) is 9.59 Å². The van der Waals surface area contributed by atoms with Gasteiger partial charge in [-0.2, -0.15) is 0 Å². The molecule has 6 heteroatoms. The van der Waals surface area contributed by atoms with E-state index < -0.39 is 6.10 Å². The summed E-state index contributed by atoms with van der Waals surface area (Å²) >= 11 is 0. The maximum absolute atomic E-state index is 12.4. The molecule has 0 saturated heterocycles. The Morgan fingerprint density at radius 3 is 2.96 bits per heavy atom. The maximum atomic E-state index is 12.4. The number of hydrogen-bond acceptors (Lipinski definition) is 3. The predicted molar refractivity (Wildman–Crippen MR) is 95.8 cm³/mol. The van der Waals surface area contributed by atoms with Crippen LogP contribution in [0.25, 0.3) is 10.9 Å². The maximum Gasteiger partial charge on any atom is 0.265 e. The zero-order chi connectivity index (χ0) is 17.4. The van der Waals surface area contributed by atoms with Crippen molar-refractivity contribution in [3.63, 3.8) is 0 Å². The molecule has 0 bridgehead atoms. The number of aromatic amines is 1. The van der Waals surface area contributed by atoms with E-state index >= 15 is 0 Å². The average molecular weight is 335 g/mol. The van der Waals surface area contributed by atoms with Crippen molar-refractivity contribution in [2.45, 2.75) is 19.4 Å². The number of amides is 2. The number of anilines is 2. The molecular weight excluding hydrogens is 318 g/mol. The summed E-state index contributed by atoms with van der Waals surface area (Å²) in [6.45, 7) is 1.69. The number of ether oxygens (including phenoxy) is 1. The molecule has 2 aromatic carbocycles. The minimum atomic E-state index is -0.519. The van der Waals surface area contributed by atoms with E-state index in [0.717, 1.165) is 16.5 Å². The third-order valence-electron chi connectivity index (χ3n) is 4.22. The molecule has 0 aliphatic carbocycles. The fraction of sp³-hybridized carbons (Fsp3) is 0.158. The average Bonchev–Trinajstić information content (AvgIpc) is 2.99. The first-order valence-electron chi connectivity index (χ1n) is 8.06.